The summed E-state index contributed by atoms with van der Waals surface area (Å²) < 4.78 is 0. The summed E-state index contributed by atoms with van der Waals surface area (Å²) in [5, 5.41) is 47.9. The van der Waals surface area contributed by atoms with Gasteiger partial charge >= 0.3 is 0 Å². The van der Waals surface area contributed by atoms with Crippen molar-refractivity contribution in [2.24, 2.45) is 17.6 Å². The van der Waals surface area contributed by atoms with Crippen molar-refractivity contribution in [3.63, 3.8) is 0 Å². The Labute approximate surface area is 254 Å². The van der Waals surface area contributed by atoms with E-state index in [1.807, 2.05) is 19.0 Å². The number of likely N-dealkylation sites (N-methyl/N-ethyl adjacent to an activating group) is 2. The minimum Gasteiger partial charge on any atom is -0.508 e. The second-order valence-corrected chi connectivity index (χ2v) is 12.1. The van der Waals surface area contributed by atoms with Gasteiger partial charge in [0.2, 0.25) is 5.78 Å². The largest absolute Gasteiger partial charge is 0.508 e. The number of rotatable bonds is 7. The number of aromatic hydroxyl groups is 1. The number of nitrogens with one attached hydrogen (secondary N) is 1. The fourth-order valence-corrected chi connectivity index (χ4v) is 6.81. The zero-order chi connectivity index (χ0) is 32.2. The van der Waals surface area contributed by atoms with Crippen LogP contribution in [0.3, 0.4) is 0 Å². The first-order valence-corrected chi connectivity index (χ1v) is 14.2. The monoisotopic (exact) mass is 604 g/mol. The number of benzene rings is 2. The van der Waals surface area contributed by atoms with Crippen LogP contribution in [0.4, 0.5) is 0 Å². The van der Waals surface area contributed by atoms with Gasteiger partial charge in [-0.2, -0.15) is 0 Å². The third-order valence-corrected chi connectivity index (χ3v) is 8.91. The van der Waals surface area contributed by atoms with Gasteiger partial charge in [0.1, 0.15) is 22.8 Å². The normalized spacial score (nSPS) is 24.8. The molecule has 12 nitrogen and oxygen atoms in total. The molecule has 0 saturated heterocycles. The van der Waals surface area contributed by atoms with E-state index in [9.17, 15) is 39.6 Å². The van der Waals surface area contributed by atoms with Crippen molar-refractivity contribution in [3.8, 4) is 16.9 Å². The lowest BCUT2D eigenvalue weighted by atomic mass is 9.57. The quantitative estimate of drug-likeness (QED) is 0.248. The van der Waals surface area contributed by atoms with Gasteiger partial charge in [-0.1, -0.05) is 18.2 Å². The summed E-state index contributed by atoms with van der Waals surface area (Å²) in [4.78, 5) is 55.4. The summed E-state index contributed by atoms with van der Waals surface area (Å²) in [5.74, 6) is -7.21. The summed E-state index contributed by atoms with van der Waals surface area (Å²) in [6, 6.07) is 8.76. The predicted molar refractivity (Wildman–Crippen MR) is 161 cm³/mol. The van der Waals surface area contributed by atoms with Crippen molar-refractivity contribution in [2.75, 3.05) is 41.3 Å². The van der Waals surface area contributed by atoms with E-state index in [0.717, 1.165) is 0 Å². The molecule has 2 aromatic carbocycles. The summed E-state index contributed by atoms with van der Waals surface area (Å²) in [6.45, 7) is 1.18. The van der Waals surface area contributed by atoms with Crippen LogP contribution in [0.15, 0.2) is 53.3 Å². The van der Waals surface area contributed by atoms with Crippen LogP contribution >= 0.6 is 0 Å². The molecule has 0 aromatic heterocycles. The lowest BCUT2D eigenvalue weighted by Gasteiger charge is -2.50. The highest BCUT2D eigenvalue weighted by atomic mass is 16.3. The van der Waals surface area contributed by atoms with Crippen LogP contribution in [0.25, 0.3) is 16.9 Å². The lowest BCUT2D eigenvalue weighted by molar-refractivity contribution is -0.153. The number of phenolic OH excluding ortho intramolecular Hbond substituents is 1. The van der Waals surface area contributed by atoms with Gasteiger partial charge in [0.15, 0.2) is 11.4 Å². The van der Waals surface area contributed by atoms with Gasteiger partial charge in [0.25, 0.3) is 11.8 Å². The van der Waals surface area contributed by atoms with Crippen LogP contribution in [0.5, 0.6) is 5.75 Å². The number of Topliss-reactive ketones (excluding diaryl/α,β-unsaturated/α-hetero) is 2. The van der Waals surface area contributed by atoms with E-state index in [2.05, 4.69) is 5.32 Å². The second kappa shape index (κ2) is 11.2. The highest BCUT2D eigenvalue weighted by Crippen LogP contribution is 2.53. The topological polar surface area (TPSA) is 194 Å². The van der Waals surface area contributed by atoms with Gasteiger partial charge in [-0.15, -0.1) is 0 Å². The highest BCUT2D eigenvalue weighted by Gasteiger charge is 2.64. The van der Waals surface area contributed by atoms with Gasteiger partial charge in [-0.25, -0.2) is 0 Å². The number of ketones is 2. The average Bonchev–Trinajstić information content (AvgIpc) is 2.94. The first kappa shape index (κ1) is 30.9. The Balaban J connectivity index is 1.58. The average molecular weight is 605 g/mol. The van der Waals surface area contributed by atoms with Crippen molar-refractivity contribution < 1.29 is 39.6 Å². The number of primary amides is 1. The van der Waals surface area contributed by atoms with Crippen LogP contribution in [-0.4, -0.2) is 107 Å². The van der Waals surface area contributed by atoms with Crippen molar-refractivity contribution in [2.45, 2.75) is 24.5 Å². The molecule has 0 radical (unpaired) electrons. The molecule has 4 atom stereocenters. The molecule has 3 aliphatic carbocycles. The Morgan fingerprint density at radius 2 is 1.68 bits per heavy atom. The van der Waals surface area contributed by atoms with Crippen LogP contribution < -0.4 is 11.1 Å². The predicted octanol–water partition coefficient (Wildman–Crippen LogP) is 0.922. The maximum Gasteiger partial charge on any atom is 0.255 e. The first-order chi connectivity index (χ1) is 20.7. The van der Waals surface area contributed by atoms with E-state index in [1.54, 1.807) is 44.4 Å². The van der Waals surface area contributed by atoms with Gasteiger partial charge in [-0.3, -0.25) is 24.1 Å². The lowest BCUT2D eigenvalue weighted by Crippen LogP contribution is -2.65. The number of phenols is 1. The molecule has 7 N–H and O–H groups in total. The number of nitrogens with two attached hydrogens (primary N) is 1. The van der Waals surface area contributed by atoms with Gasteiger partial charge in [0.05, 0.1) is 11.6 Å². The minimum atomic E-state index is -2.69. The third kappa shape index (κ3) is 4.75. The summed E-state index contributed by atoms with van der Waals surface area (Å²) in [7, 11) is 6.93. The molecular weight excluding hydrogens is 568 g/mol. The fraction of sp³-hybridized carbons (Fsp3) is 0.375. The fourth-order valence-electron chi connectivity index (χ4n) is 6.81. The van der Waals surface area contributed by atoms with E-state index >= 15 is 0 Å². The number of carbonyl (C=O) groups is 4. The summed E-state index contributed by atoms with van der Waals surface area (Å²) in [5.41, 5.74) is 3.97. The van der Waals surface area contributed by atoms with Crippen molar-refractivity contribution >= 4 is 29.1 Å². The van der Waals surface area contributed by atoms with E-state index < -0.39 is 58.0 Å². The Bertz CT molecular complexity index is 1640. The number of hydrogen-bond donors (Lipinski definition) is 6. The molecule has 44 heavy (non-hydrogen) atoms. The number of nitrogens with zero attached hydrogens (tertiary/aromatic N) is 2. The Morgan fingerprint density at radius 1 is 1.02 bits per heavy atom. The van der Waals surface area contributed by atoms with Crippen LogP contribution in [0.2, 0.25) is 0 Å². The third-order valence-electron chi connectivity index (χ3n) is 8.91. The maximum atomic E-state index is 14.0. The Morgan fingerprint density at radius 3 is 2.27 bits per heavy atom. The Hall–Kier alpha value is -4.52. The number of aliphatic hydroxyl groups excluding tert-OH is 2. The second-order valence-electron chi connectivity index (χ2n) is 12.1. The van der Waals surface area contributed by atoms with E-state index in [-0.39, 0.29) is 35.6 Å². The molecular formula is C32H36N4O8. The molecule has 232 valence electrons. The Kier molecular flexibility index (Phi) is 7.87. The standard InChI is InChI=1S/C32H36N4O8/c1-35(2)12-11-34-31(43)16-7-5-15(6-8-16)18-9-10-21(37)23-19(18)13-17-14-20-25(36(3)4)27(39)24(30(33)42)29(41)32(20,44)28(40)22(17)26(23)38/h5-10,17,20,25,37-38,41,44H,11-14H2,1-4H3,(H2,33,42)(H,34,43)/t17-,20-,25-,32+/m1/s1. The number of fused-ring (bicyclic) bond motifs is 3. The molecule has 12 heteroatoms. The van der Waals surface area contributed by atoms with Crippen LogP contribution in [0, 0.1) is 11.8 Å². The van der Waals surface area contributed by atoms with Crippen molar-refractivity contribution in [3.05, 3.63) is 70.0 Å². The maximum absolute atomic E-state index is 14.0. The molecule has 1 saturated carbocycles. The van der Waals surface area contributed by atoms with Crippen molar-refractivity contribution in [1.82, 2.24) is 15.1 Å². The molecule has 1 fully saturated rings. The summed E-state index contributed by atoms with van der Waals surface area (Å²) in [6.07, 6.45) is 0.151. The number of aliphatic hydroxyl groups is 3. The minimum absolute atomic E-state index is 0.00398. The number of carbonyl (C=O) groups excluding carboxylic acids is 4. The van der Waals surface area contributed by atoms with Gasteiger partial charge in [0, 0.05) is 30.1 Å². The zero-order valence-electron chi connectivity index (χ0n) is 24.9. The number of hydrogen-bond acceptors (Lipinski definition) is 10. The first-order valence-electron chi connectivity index (χ1n) is 14.2. The van der Waals surface area contributed by atoms with Gasteiger partial charge in [-0.05, 0) is 81.8 Å². The molecule has 0 unspecified atom stereocenters. The van der Waals surface area contributed by atoms with Gasteiger partial charge < -0.3 is 36.4 Å². The highest BCUT2D eigenvalue weighted by molar-refractivity contribution is 6.24. The summed E-state index contributed by atoms with van der Waals surface area (Å²) >= 11 is 0. The van der Waals surface area contributed by atoms with E-state index in [1.165, 1.54) is 11.0 Å². The van der Waals surface area contributed by atoms with E-state index in [4.69, 9.17) is 5.73 Å². The molecule has 2 aromatic rings. The number of amides is 2. The van der Waals surface area contributed by atoms with Crippen molar-refractivity contribution in [1.29, 1.82) is 0 Å². The van der Waals surface area contributed by atoms with Crippen LogP contribution in [-0.2, 0) is 20.8 Å². The molecule has 2 amide bonds. The SMILES string of the molecule is CN(C)CCNC(=O)c1ccc(-c2ccc(O)c3c2C[C@@H]2C[C@@H]4[C@@H](N(C)C)C(=O)C(C(N)=O)=C(O)[C@@]4(O)C(=O)C2=C3O)cc1. The molecule has 0 aliphatic heterocycles. The molecule has 0 spiro atoms. The molecule has 5 rings (SSSR count). The molecule has 0 bridgehead atoms. The zero-order valence-corrected chi connectivity index (χ0v) is 24.9. The molecule has 3 aliphatic rings. The van der Waals surface area contributed by atoms with E-state index in [0.29, 0.717) is 35.3 Å². The smallest absolute Gasteiger partial charge is 0.255 e. The molecule has 0 heterocycles. The van der Waals surface area contributed by atoms with Crippen LogP contribution in [0.1, 0.15) is 27.9 Å².